The molecule has 0 saturated heterocycles. The molecule has 0 atom stereocenters. The molecule has 0 aliphatic carbocycles. The normalized spacial score (nSPS) is 13.2. The molecule has 1 N–H and O–H groups in total. The van der Waals surface area contributed by atoms with Crippen LogP contribution in [0.4, 0.5) is 0 Å². The molecule has 0 radical (unpaired) electrons. The van der Waals surface area contributed by atoms with E-state index in [2.05, 4.69) is 0 Å². The second-order valence-corrected chi connectivity index (χ2v) is 4.62. The Morgan fingerprint density at radius 2 is 2.11 bits per heavy atom. The van der Waals surface area contributed by atoms with Crippen LogP contribution in [0.1, 0.15) is 19.4 Å². The fraction of sp³-hybridized carbons (Fsp3) is 0.357. The fourth-order valence-corrected chi connectivity index (χ4v) is 1.61. The van der Waals surface area contributed by atoms with Gasteiger partial charge in [-0.15, -0.1) is 0 Å². The quantitative estimate of drug-likeness (QED) is 0.828. The Morgan fingerprint density at radius 3 is 2.74 bits per heavy atom. The van der Waals surface area contributed by atoms with Crippen molar-refractivity contribution in [2.45, 2.75) is 13.8 Å². The van der Waals surface area contributed by atoms with Crippen molar-refractivity contribution < 1.29 is 24.1 Å². The van der Waals surface area contributed by atoms with Crippen molar-refractivity contribution in [3.63, 3.8) is 0 Å². The van der Waals surface area contributed by atoms with Gasteiger partial charge < -0.3 is 19.3 Å². The van der Waals surface area contributed by atoms with Gasteiger partial charge in [0.15, 0.2) is 11.5 Å². The lowest BCUT2D eigenvalue weighted by Crippen LogP contribution is -2.05. The molecule has 5 nitrogen and oxygen atoms in total. The van der Waals surface area contributed by atoms with Crippen LogP contribution in [0.2, 0.25) is 0 Å². The highest BCUT2D eigenvalue weighted by Crippen LogP contribution is 2.38. The van der Waals surface area contributed by atoms with E-state index >= 15 is 0 Å². The number of carboxylic acids is 1. The van der Waals surface area contributed by atoms with Crippen molar-refractivity contribution >= 4 is 12.0 Å². The van der Waals surface area contributed by atoms with Gasteiger partial charge in [0, 0.05) is 17.7 Å². The van der Waals surface area contributed by atoms with Crippen molar-refractivity contribution in [3.05, 3.63) is 23.8 Å². The summed E-state index contributed by atoms with van der Waals surface area (Å²) in [4.78, 5) is 10.6. The first-order valence-corrected chi connectivity index (χ1v) is 6.03. The van der Waals surface area contributed by atoms with E-state index in [0.29, 0.717) is 35.3 Å². The lowest BCUT2D eigenvalue weighted by Gasteiger charge is -2.12. The number of carbonyl (C=O) groups is 1. The Hall–Kier alpha value is -2.17. The van der Waals surface area contributed by atoms with Crippen LogP contribution in [0, 0.1) is 5.92 Å². The summed E-state index contributed by atoms with van der Waals surface area (Å²) in [5.41, 5.74) is 0.660. The molecule has 19 heavy (non-hydrogen) atoms. The highest BCUT2D eigenvalue weighted by molar-refractivity contribution is 5.86. The average molecular weight is 264 g/mol. The highest BCUT2D eigenvalue weighted by atomic mass is 16.7. The van der Waals surface area contributed by atoms with E-state index in [1.165, 1.54) is 6.08 Å². The molecule has 102 valence electrons. The van der Waals surface area contributed by atoms with Crippen LogP contribution >= 0.6 is 0 Å². The zero-order chi connectivity index (χ0) is 13.8. The maximum absolute atomic E-state index is 10.6. The lowest BCUT2D eigenvalue weighted by atomic mass is 10.1. The highest BCUT2D eigenvalue weighted by Gasteiger charge is 2.17. The molecule has 1 aliphatic heterocycles. The first kappa shape index (κ1) is 13.3. The summed E-state index contributed by atoms with van der Waals surface area (Å²) in [6.45, 7) is 4.80. The van der Waals surface area contributed by atoms with E-state index in [4.69, 9.17) is 19.3 Å². The number of hydrogen-bond donors (Lipinski definition) is 1. The molecule has 1 heterocycles. The standard InChI is InChI=1S/C14H16O5/c1-9(2)7-17-11-6-13-12(18-8-19-13)5-10(11)3-4-14(15)16/h3-6,9H,7-8H2,1-2H3,(H,15,16). The molecular formula is C14H16O5. The molecule has 0 aromatic heterocycles. The van der Waals surface area contributed by atoms with E-state index < -0.39 is 5.97 Å². The van der Waals surface area contributed by atoms with Gasteiger partial charge in [0.05, 0.1) is 6.61 Å². The van der Waals surface area contributed by atoms with Gasteiger partial charge in [-0.1, -0.05) is 13.8 Å². The van der Waals surface area contributed by atoms with Crippen LogP contribution in [0.3, 0.4) is 0 Å². The summed E-state index contributed by atoms with van der Waals surface area (Å²) in [5.74, 6) is 1.18. The number of fused-ring (bicyclic) bond motifs is 1. The van der Waals surface area contributed by atoms with Crippen molar-refractivity contribution in [1.82, 2.24) is 0 Å². The van der Waals surface area contributed by atoms with E-state index in [-0.39, 0.29) is 6.79 Å². The molecule has 0 spiro atoms. The van der Waals surface area contributed by atoms with Crippen molar-refractivity contribution in [1.29, 1.82) is 0 Å². The monoisotopic (exact) mass is 264 g/mol. The smallest absolute Gasteiger partial charge is 0.328 e. The van der Waals surface area contributed by atoms with E-state index in [1.807, 2.05) is 13.8 Å². The van der Waals surface area contributed by atoms with Crippen LogP contribution in [0.5, 0.6) is 17.2 Å². The molecule has 5 heteroatoms. The summed E-state index contributed by atoms with van der Waals surface area (Å²) in [5, 5.41) is 8.69. The van der Waals surface area contributed by atoms with E-state index in [9.17, 15) is 4.79 Å². The molecule has 1 aliphatic rings. The molecule has 0 saturated carbocycles. The number of benzene rings is 1. The first-order valence-electron chi connectivity index (χ1n) is 6.03. The molecular weight excluding hydrogens is 248 g/mol. The van der Waals surface area contributed by atoms with Crippen LogP contribution in [-0.4, -0.2) is 24.5 Å². The Kier molecular flexibility index (Phi) is 3.94. The predicted octanol–water partition coefficient (Wildman–Crippen LogP) is 2.55. The Bertz CT molecular complexity index is 505. The minimum atomic E-state index is -1.01. The summed E-state index contributed by atoms with van der Waals surface area (Å²) >= 11 is 0. The summed E-state index contributed by atoms with van der Waals surface area (Å²) < 4.78 is 16.2. The summed E-state index contributed by atoms with van der Waals surface area (Å²) in [7, 11) is 0. The predicted molar refractivity (Wildman–Crippen MR) is 69.6 cm³/mol. The SMILES string of the molecule is CC(C)COc1cc2c(cc1C=CC(=O)O)OCO2. The first-order chi connectivity index (χ1) is 9.06. The van der Waals surface area contributed by atoms with Gasteiger partial charge >= 0.3 is 5.97 Å². The van der Waals surface area contributed by atoms with Gasteiger partial charge in [0.25, 0.3) is 0 Å². The molecule has 0 fully saturated rings. The average Bonchev–Trinajstić information content (AvgIpc) is 2.79. The van der Waals surface area contributed by atoms with Crippen molar-refractivity contribution in [3.8, 4) is 17.2 Å². The molecule has 0 unspecified atom stereocenters. The topological polar surface area (TPSA) is 65.0 Å². The Balaban J connectivity index is 2.29. The zero-order valence-corrected chi connectivity index (χ0v) is 10.9. The number of rotatable bonds is 5. The van der Waals surface area contributed by atoms with E-state index in [0.717, 1.165) is 6.08 Å². The number of ether oxygens (including phenoxy) is 3. The van der Waals surface area contributed by atoms with Crippen molar-refractivity contribution in [2.75, 3.05) is 13.4 Å². The van der Waals surface area contributed by atoms with Crippen LogP contribution < -0.4 is 14.2 Å². The van der Waals surface area contributed by atoms with Gasteiger partial charge in [0.1, 0.15) is 5.75 Å². The maximum Gasteiger partial charge on any atom is 0.328 e. The van der Waals surface area contributed by atoms with Crippen molar-refractivity contribution in [2.24, 2.45) is 5.92 Å². The molecule has 0 bridgehead atoms. The fourth-order valence-electron chi connectivity index (χ4n) is 1.61. The molecule has 2 rings (SSSR count). The molecule has 0 amide bonds. The third-order valence-electron chi connectivity index (χ3n) is 2.48. The van der Waals surface area contributed by atoms with Crippen LogP contribution in [-0.2, 0) is 4.79 Å². The second kappa shape index (κ2) is 5.65. The number of carboxylic acid groups (broad SMARTS) is 1. The van der Waals surface area contributed by atoms with Gasteiger partial charge in [0.2, 0.25) is 6.79 Å². The Morgan fingerprint density at radius 1 is 1.42 bits per heavy atom. The third kappa shape index (κ3) is 3.40. The molecule has 1 aromatic carbocycles. The van der Waals surface area contributed by atoms with Gasteiger partial charge in [-0.05, 0) is 18.1 Å². The minimum absolute atomic E-state index is 0.172. The third-order valence-corrected chi connectivity index (χ3v) is 2.48. The van der Waals surface area contributed by atoms with E-state index in [1.54, 1.807) is 12.1 Å². The molecule has 1 aromatic rings. The van der Waals surface area contributed by atoms with Gasteiger partial charge in [-0.2, -0.15) is 0 Å². The van der Waals surface area contributed by atoms with Gasteiger partial charge in [-0.25, -0.2) is 4.79 Å². The minimum Gasteiger partial charge on any atom is -0.493 e. The number of aliphatic carboxylic acids is 1. The second-order valence-electron chi connectivity index (χ2n) is 4.62. The maximum atomic E-state index is 10.6. The Labute approximate surface area is 111 Å². The number of hydrogen-bond acceptors (Lipinski definition) is 4. The zero-order valence-electron chi connectivity index (χ0n) is 10.9. The largest absolute Gasteiger partial charge is 0.493 e. The van der Waals surface area contributed by atoms with Crippen LogP contribution in [0.15, 0.2) is 18.2 Å². The summed E-state index contributed by atoms with van der Waals surface area (Å²) in [6.07, 6.45) is 2.56. The lowest BCUT2D eigenvalue weighted by molar-refractivity contribution is -0.131. The summed E-state index contributed by atoms with van der Waals surface area (Å²) in [6, 6.07) is 3.45. The van der Waals surface area contributed by atoms with Crippen LogP contribution in [0.25, 0.3) is 6.08 Å². The van der Waals surface area contributed by atoms with Gasteiger partial charge in [-0.3, -0.25) is 0 Å².